The Hall–Kier alpha value is -0.320. The van der Waals surface area contributed by atoms with Crippen LogP contribution in [0.2, 0.25) is 0 Å². The van der Waals surface area contributed by atoms with Gasteiger partial charge in [-0.25, -0.2) is 0 Å². The van der Waals surface area contributed by atoms with Crippen LogP contribution < -0.4 is 0 Å². The molecule has 14 heavy (non-hydrogen) atoms. The molecule has 0 bridgehead atoms. The number of alkyl halides is 1. The lowest BCUT2D eigenvalue weighted by Gasteiger charge is -2.32. The van der Waals surface area contributed by atoms with E-state index in [-0.39, 0.29) is 6.10 Å². The molecule has 0 spiro atoms. The number of morpholine rings is 1. The van der Waals surface area contributed by atoms with Crippen LogP contribution in [0.15, 0.2) is 0 Å². The van der Waals surface area contributed by atoms with Crippen molar-refractivity contribution in [3.63, 3.8) is 0 Å². The van der Waals surface area contributed by atoms with Crippen LogP contribution in [0.4, 0.5) is 0 Å². The highest BCUT2D eigenvalue weighted by Crippen LogP contribution is 2.10. The van der Waals surface area contributed by atoms with Gasteiger partial charge in [0.05, 0.1) is 12.7 Å². The topological polar surface area (TPSA) is 49.8 Å². The van der Waals surface area contributed by atoms with E-state index in [2.05, 4.69) is 6.92 Å². The van der Waals surface area contributed by atoms with E-state index in [1.807, 2.05) is 4.90 Å². The molecule has 0 amide bonds. The summed E-state index contributed by atoms with van der Waals surface area (Å²) in [5, 5.41) is 7.83. The third-order valence-electron chi connectivity index (χ3n) is 2.36. The van der Waals surface area contributed by atoms with Crippen LogP contribution in [0.5, 0.6) is 0 Å². The summed E-state index contributed by atoms with van der Waals surface area (Å²) in [6, 6.07) is 0. The van der Waals surface area contributed by atoms with Crippen molar-refractivity contribution in [2.24, 2.45) is 0 Å². The lowest BCUT2D eigenvalue weighted by Crippen LogP contribution is -2.45. The van der Waals surface area contributed by atoms with Gasteiger partial charge in [0.1, 0.15) is 5.38 Å². The maximum absolute atomic E-state index is 10.5. The number of rotatable bonds is 4. The normalized spacial score (nSPS) is 26.0. The van der Waals surface area contributed by atoms with E-state index in [0.29, 0.717) is 13.2 Å². The minimum Gasteiger partial charge on any atom is -0.480 e. The molecule has 1 heterocycles. The summed E-state index contributed by atoms with van der Waals surface area (Å²) >= 11 is 5.66. The Bertz CT molecular complexity index is 200. The molecule has 0 aliphatic carbocycles. The van der Waals surface area contributed by atoms with Crippen LogP contribution >= 0.6 is 11.6 Å². The van der Waals surface area contributed by atoms with Crippen molar-refractivity contribution in [2.45, 2.75) is 24.8 Å². The Labute approximate surface area is 88.8 Å². The van der Waals surface area contributed by atoms with Gasteiger partial charge in [0.25, 0.3) is 0 Å². The highest BCUT2D eigenvalue weighted by Gasteiger charge is 2.23. The zero-order chi connectivity index (χ0) is 10.6. The number of carboxylic acid groups (broad SMARTS) is 1. The summed E-state index contributed by atoms with van der Waals surface area (Å²) in [5.74, 6) is -0.953. The summed E-state index contributed by atoms with van der Waals surface area (Å²) in [4.78, 5) is 12.6. The second-order valence-electron chi connectivity index (χ2n) is 3.47. The monoisotopic (exact) mass is 221 g/mol. The van der Waals surface area contributed by atoms with E-state index in [9.17, 15) is 4.79 Å². The molecule has 0 aromatic rings. The average molecular weight is 222 g/mol. The molecule has 1 saturated heterocycles. The molecule has 1 aliphatic heterocycles. The number of nitrogens with zero attached hydrogens (tertiary/aromatic N) is 1. The molecule has 0 aromatic heterocycles. The van der Waals surface area contributed by atoms with Gasteiger partial charge in [0.15, 0.2) is 0 Å². The number of hydrogen-bond acceptors (Lipinski definition) is 3. The third kappa shape index (κ3) is 3.44. The van der Waals surface area contributed by atoms with Crippen molar-refractivity contribution in [3.05, 3.63) is 0 Å². The maximum atomic E-state index is 10.5. The Morgan fingerprint density at radius 1 is 1.79 bits per heavy atom. The molecular formula is C9H16ClNO3. The first-order chi connectivity index (χ1) is 6.63. The predicted molar refractivity (Wildman–Crippen MR) is 53.7 cm³/mol. The minimum atomic E-state index is -0.953. The van der Waals surface area contributed by atoms with Gasteiger partial charge >= 0.3 is 5.97 Å². The van der Waals surface area contributed by atoms with Crippen LogP contribution in [-0.4, -0.2) is 53.7 Å². The molecule has 0 aromatic carbocycles. The Morgan fingerprint density at radius 3 is 3.07 bits per heavy atom. The SMILES string of the molecule is CCC1CN(CC(Cl)C(=O)O)CCO1. The van der Waals surface area contributed by atoms with Gasteiger partial charge in [-0.15, -0.1) is 11.6 Å². The molecular weight excluding hydrogens is 206 g/mol. The number of hydrogen-bond donors (Lipinski definition) is 1. The quantitative estimate of drug-likeness (QED) is 0.714. The van der Waals surface area contributed by atoms with Gasteiger partial charge in [0.2, 0.25) is 0 Å². The van der Waals surface area contributed by atoms with E-state index >= 15 is 0 Å². The van der Waals surface area contributed by atoms with E-state index in [1.165, 1.54) is 0 Å². The number of aliphatic carboxylic acids is 1. The molecule has 0 saturated carbocycles. The largest absolute Gasteiger partial charge is 0.480 e. The zero-order valence-corrected chi connectivity index (χ0v) is 9.04. The lowest BCUT2D eigenvalue weighted by molar-refractivity contribution is -0.137. The van der Waals surface area contributed by atoms with Crippen molar-refractivity contribution in [2.75, 3.05) is 26.2 Å². The minimum absolute atomic E-state index is 0.224. The summed E-state index contributed by atoms with van der Waals surface area (Å²) < 4.78 is 5.47. The fourth-order valence-corrected chi connectivity index (χ4v) is 1.69. The molecule has 1 N–H and O–H groups in total. The van der Waals surface area contributed by atoms with Crippen molar-refractivity contribution in [1.82, 2.24) is 4.90 Å². The standard InChI is InChI=1S/C9H16ClNO3/c1-2-7-5-11(3-4-14-7)6-8(10)9(12)13/h7-8H,2-6H2,1H3,(H,12,13). The van der Waals surface area contributed by atoms with Gasteiger partial charge in [0, 0.05) is 19.6 Å². The van der Waals surface area contributed by atoms with Crippen molar-refractivity contribution in [3.8, 4) is 0 Å². The van der Waals surface area contributed by atoms with E-state index in [0.717, 1.165) is 19.5 Å². The summed E-state index contributed by atoms with van der Waals surface area (Å²) in [6.07, 6.45) is 1.18. The van der Waals surface area contributed by atoms with Crippen LogP contribution in [0.25, 0.3) is 0 Å². The summed E-state index contributed by atoms with van der Waals surface area (Å²) in [6.45, 7) is 4.68. The summed E-state index contributed by atoms with van der Waals surface area (Å²) in [5.41, 5.74) is 0. The maximum Gasteiger partial charge on any atom is 0.322 e. The van der Waals surface area contributed by atoms with E-state index in [4.69, 9.17) is 21.4 Å². The molecule has 5 heteroatoms. The number of ether oxygens (including phenoxy) is 1. The van der Waals surface area contributed by atoms with E-state index < -0.39 is 11.3 Å². The molecule has 2 unspecified atom stereocenters. The van der Waals surface area contributed by atoms with Crippen LogP contribution in [-0.2, 0) is 9.53 Å². The second-order valence-corrected chi connectivity index (χ2v) is 3.99. The Morgan fingerprint density at radius 2 is 2.50 bits per heavy atom. The number of carbonyl (C=O) groups is 1. The zero-order valence-electron chi connectivity index (χ0n) is 8.28. The summed E-state index contributed by atoms with van der Waals surface area (Å²) in [7, 11) is 0. The number of carboxylic acids is 1. The van der Waals surface area contributed by atoms with Crippen molar-refractivity contribution < 1.29 is 14.6 Å². The first kappa shape index (κ1) is 11.8. The lowest BCUT2D eigenvalue weighted by atomic mass is 10.2. The molecule has 1 rings (SSSR count). The molecule has 4 nitrogen and oxygen atoms in total. The highest BCUT2D eigenvalue weighted by molar-refractivity contribution is 6.29. The smallest absolute Gasteiger partial charge is 0.322 e. The third-order valence-corrected chi connectivity index (χ3v) is 2.69. The second kappa shape index (κ2) is 5.53. The molecule has 82 valence electrons. The first-order valence-corrected chi connectivity index (χ1v) is 5.28. The highest BCUT2D eigenvalue weighted by atomic mass is 35.5. The van der Waals surface area contributed by atoms with Gasteiger partial charge < -0.3 is 9.84 Å². The number of halogens is 1. The van der Waals surface area contributed by atoms with Crippen LogP contribution in [0, 0.1) is 0 Å². The van der Waals surface area contributed by atoms with Gasteiger partial charge in [-0.3, -0.25) is 9.69 Å². The molecule has 1 aliphatic rings. The molecule has 2 atom stereocenters. The van der Waals surface area contributed by atoms with Crippen molar-refractivity contribution >= 4 is 17.6 Å². The van der Waals surface area contributed by atoms with Gasteiger partial charge in [-0.05, 0) is 6.42 Å². The molecule has 1 fully saturated rings. The Balaban J connectivity index is 2.33. The van der Waals surface area contributed by atoms with Crippen LogP contribution in [0.1, 0.15) is 13.3 Å². The van der Waals surface area contributed by atoms with Gasteiger partial charge in [-0.1, -0.05) is 6.92 Å². The predicted octanol–water partition coefficient (Wildman–Crippen LogP) is 0.789. The molecule has 0 radical (unpaired) electrons. The Kier molecular flexibility index (Phi) is 4.65. The van der Waals surface area contributed by atoms with Crippen molar-refractivity contribution in [1.29, 1.82) is 0 Å². The van der Waals surface area contributed by atoms with Gasteiger partial charge in [-0.2, -0.15) is 0 Å². The average Bonchev–Trinajstić information content (AvgIpc) is 2.18. The van der Waals surface area contributed by atoms with Crippen LogP contribution in [0.3, 0.4) is 0 Å². The fourth-order valence-electron chi connectivity index (χ4n) is 1.50. The van der Waals surface area contributed by atoms with E-state index in [1.54, 1.807) is 0 Å². The fraction of sp³-hybridized carbons (Fsp3) is 0.889. The first-order valence-electron chi connectivity index (χ1n) is 4.84.